The summed E-state index contributed by atoms with van der Waals surface area (Å²) in [6.45, 7) is 7.20. The van der Waals surface area contributed by atoms with Gasteiger partial charge in [0.05, 0.1) is 0 Å². The zero-order valence-corrected chi connectivity index (χ0v) is 15.3. The lowest BCUT2D eigenvalue weighted by Crippen LogP contribution is -2.28. The Kier molecular flexibility index (Phi) is 5.85. The Morgan fingerprint density at radius 1 is 1.00 bits per heavy atom. The first-order chi connectivity index (χ1) is 11.7. The molecule has 0 aliphatic carbocycles. The number of benzene rings is 2. The van der Waals surface area contributed by atoms with E-state index in [1.165, 1.54) is 0 Å². The first kappa shape index (κ1) is 19.0. The van der Waals surface area contributed by atoms with Crippen LogP contribution in [0, 0.1) is 0 Å². The zero-order valence-electron chi connectivity index (χ0n) is 15.3. The summed E-state index contributed by atoms with van der Waals surface area (Å²) in [5.41, 5.74) is -0.102. The Bertz CT molecular complexity index is 703. The van der Waals surface area contributed by atoms with Gasteiger partial charge in [0.2, 0.25) is 0 Å². The van der Waals surface area contributed by atoms with Gasteiger partial charge >= 0.3 is 5.97 Å². The molecule has 2 aromatic rings. The number of rotatable bonds is 6. The second-order valence-electron chi connectivity index (χ2n) is 6.98. The summed E-state index contributed by atoms with van der Waals surface area (Å²) in [4.78, 5) is 11.8. The van der Waals surface area contributed by atoms with E-state index in [2.05, 4.69) is 0 Å². The molecule has 0 aromatic heterocycles. The van der Waals surface area contributed by atoms with Crippen molar-refractivity contribution >= 4 is 5.97 Å². The number of hydrogen-bond acceptors (Lipinski definition) is 4. The monoisotopic (exact) mass is 342 g/mol. The van der Waals surface area contributed by atoms with Gasteiger partial charge in [-0.2, -0.15) is 0 Å². The SMILES string of the molecule is CCC(O)(c1ccccc1)c1cccc(OCC(=O)OC(C)(C)C)c1. The van der Waals surface area contributed by atoms with Crippen LogP contribution in [0.15, 0.2) is 54.6 Å². The van der Waals surface area contributed by atoms with Crippen LogP contribution < -0.4 is 4.74 Å². The van der Waals surface area contributed by atoms with Crippen molar-refractivity contribution < 1.29 is 19.4 Å². The molecule has 4 nitrogen and oxygen atoms in total. The standard InChI is InChI=1S/C21H26O4/c1-5-21(23,16-10-7-6-8-11-16)17-12-9-13-18(14-17)24-15-19(22)25-20(2,3)4/h6-14,23H,5,15H2,1-4H3. The Labute approximate surface area is 149 Å². The third-order valence-corrected chi connectivity index (χ3v) is 3.85. The molecule has 0 bridgehead atoms. The lowest BCUT2D eigenvalue weighted by molar-refractivity contribution is -0.157. The molecule has 0 amide bonds. The van der Waals surface area contributed by atoms with Crippen molar-refractivity contribution in [1.82, 2.24) is 0 Å². The number of carbonyl (C=O) groups is 1. The van der Waals surface area contributed by atoms with E-state index in [1.54, 1.807) is 12.1 Å². The van der Waals surface area contributed by atoms with Gasteiger partial charge in [-0.3, -0.25) is 0 Å². The van der Waals surface area contributed by atoms with Crippen molar-refractivity contribution in [2.24, 2.45) is 0 Å². The molecule has 0 saturated carbocycles. The number of esters is 1. The van der Waals surface area contributed by atoms with Crippen molar-refractivity contribution in [3.63, 3.8) is 0 Å². The first-order valence-corrected chi connectivity index (χ1v) is 8.48. The molecule has 0 aliphatic heterocycles. The maximum atomic E-state index is 11.8. The number of hydrogen-bond donors (Lipinski definition) is 1. The van der Waals surface area contributed by atoms with E-state index in [9.17, 15) is 9.90 Å². The maximum absolute atomic E-state index is 11.8. The van der Waals surface area contributed by atoms with Gasteiger partial charge in [0.1, 0.15) is 17.0 Å². The Hall–Kier alpha value is -2.33. The van der Waals surface area contributed by atoms with Crippen LogP contribution in [0.3, 0.4) is 0 Å². The minimum atomic E-state index is -1.10. The van der Waals surface area contributed by atoms with Crippen LogP contribution >= 0.6 is 0 Å². The van der Waals surface area contributed by atoms with E-state index in [1.807, 2.05) is 70.2 Å². The van der Waals surface area contributed by atoms with Gasteiger partial charge in [-0.05, 0) is 50.5 Å². The van der Waals surface area contributed by atoms with Crippen molar-refractivity contribution in [3.05, 3.63) is 65.7 Å². The molecule has 0 radical (unpaired) electrons. The number of ether oxygens (including phenoxy) is 2. The molecule has 134 valence electrons. The fourth-order valence-corrected chi connectivity index (χ4v) is 2.65. The molecule has 25 heavy (non-hydrogen) atoms. The number of carbonyl (C=O) groups excluding carboxylic acids is 1. The van der Waals surface area contributed by atoms with Crippen molar-refractivity contribution in [2.75, 3.05) is 6.61 Å². The van der Waals surface area contributed by atoms with Gasteiger partial charge in [0, 0.05) is 0 Å². The second kappa shape index (κ2) is 7.70. The van der Waals surface area contributed by atoms with E-state index < -0.39 is 17.2 Å². The average Bonchev–Trinajstić information content (AvgIpc) is 2.59. The topological polar surface area (TPSA) is 55.8 Å². The van der Waals surface area contributed by atoms with Gasteiger partial charge < -0.3 is 14.6 Å². The highest BCUT2D eigenvalue weighted by Crippen LogP contribution is 2.34. The summed E-state index contributed by atoms with van der Waals surface area (Å²) in [6.07, 6.45) is 0.520. The summed E-state index contributed by atoms with van der Waals surface area (Å²) >= 11 is 0. The molecular formula is C21H26O4. The van der Waals surface area contributed by atoms with Gasteiger partial charge in [0.15, 0.2) is 6.61 Å². The van der Waals surface area contributed by atoms with Crippen LogP contribution in [-0.2, 0) is 15.1 Å². The molecule has 1 N–H and O–H groups in total. The molecule has 0 fully saturated rings. The summed E-state index contributed by atoms with van der Waals surface area (Å²) in [5, 5.41) is 11.2. The van der Waals surface area contributed by atoms with Gasteiger partial charge in [0.25, 0.3) is 0 Å². The van der Waals surface area contributed by atoms with Crippen LogP contribution in [0.1, 0.15) is 45.2 Å². The predicted molar refractivity (Wildman–Crippen MR) is 97.5 cm³/mol. The fraction of sp³-hybridized carbons (Fsp3) is 0.381. The van der Waals surface area contributed by atoms with Gasteiger partial charge in [-0.1, -0.05) is 49.4 Å². The van der Waals surface area contributed by atoms with E-state index in [0.717, 1.165) is 11.1 Å². The van der Waals surface area contributed by atoms with Crippen LogP contribution in [0.25, 0.3) is 0 Å². The molecule has 1 unspecified atom stereocenters. The third kappa shape index (κ3) is 5.07. The molecule has 0 heterocycles. The van der Waals surface area contributed by atoms with Crippen LogP contribution in [0.2, 0.25) is 0 Å². The maximum Gasteiger partial charge on any atom is 0.344 e. The molecular weight excluding hydrogens is 316 g/mol. The number of aliphatic hydroxyl groups is 1. The molecule has 0 spiro atoms. The summed E-state index contributed by atoms with van der Waals surface area (Å²) in [7, 11) is 0. The smallest absolute Gasteiger partial charge is 0.344 e. The van der Waals surface area contributed by atoms with Crippen LogP contribution in [0.4, 0.5) is 0 Å². The van der Waals surface area contributed by atoms with E-state index in [-0.39, 0.29) is 6.61 Å². The van der Waals surface area contributed by atoms with Gasteiger partial charge in [-0.15, -0.1) is 0 Å². The third-order valence-electron chi connectivity index (χ3n) is 3.85. The first-order valence-electron chi connectivity index (χ1n) is 8.48. The summed E-state index contributed by atoms with van der Waals surface area (Å²) in [6, 6.07) is 16.7. The van der Waals surface area contributed by atoms with Crippen molar-refractivity contribution in [1.29, 1.82) is 0 Å². The minimum absolute atomic E-state index is 0.170. The van der Waals surface area contributed by atoms with Crippen LogP contribution in [0.5, 0.6) is 5.75 Å². The van der Waals surface area contributed by atoms with Crippen molar-refractivity contribution in [3.8, 4) is 5.75 Å². The highest BCUT2D eigenvalue weighted by molar-refractivity contribution is 5.71. The Morgan fingerprint density at radius 2 is 1.64 bits per heavy atom. The molecule has 2 aromatic carbocycles. The minimum Gasteiger partial charge on any atom is -0.482 e. The molecule has 4 heteroatoms. The normalized spacial score (nSPS) is 13.8. The average molecular weight is 342 g/mol. The molecule has 1 atom stereocenters. The summed E-state index contributed by atoms with van der Waals surface area (Å²) < 4.78 is 10.8. The van der Waals surface area contributed by atoms with E-state index in [0.29, 0.717) is 12.2 Å². The van der Waals surface area contributed by atoms with Crippen LogP contribution in [-0.4, -0.2) is 23.3 Å². The van der Waals surface area contributed by atoms with E-state index >= 15 is 0 Å². The Morgan fingerprint density at radius 3 is 2.24 bits per heavy atom. The van der Waals surface area contributed by atoms with Gasteiger partial charge in [-0.25, -0.2) is 4.79 Å². The van der Waals surface area contributed by atoms with E-state index in [4.69, 9.17) is 9.47 Å². The predicted octanol–water partition coefficient (Wildman–Crippen LogP) is 4.05. The molecule has 2 rings (SSSR count). The zero-order chi connectivity index (χ0) is 18.5. The highest BCUT2D eigenvalue weighted by Gasteiger charge is 2.29. The summed E-state index contributed by atoms with van der Waals surface area (Å²) in [5.74, 6) is 0.0953. The highest BCUT2D eigenvalue weighted by atomic mass is 16.6. The lowest BCUT2D eigenvalue weighted by atomic mass is 9.84. The lowest BCUT2D eigenvalue weighted by Gasteiger charge is -2.28. The quantitative estimate of drug-likeness (QED) is 0.805. The second-order valence-corrected chi connectivity index (χ2v) is 6.98. The largest absolute Gasteiger partial charge is 0.482 e. The molecule has 0 saturated heterocycles. The molecule has 0 aliphatic rings. The van der Waals surface area contributed by atoms with Crippen molar-refractivity contribution in [2.45, 2.75) is 45.3 Å². The fourth-order valence-electron chi connectivity index (χ4n) is 2.65. The Balaban J connectivity index is 2.16.